The van der Waals surface area contributed by atoms with Crippen molar-refractivity contribution in [2.24, 2.45) is 0 Å². The number of hydrogen-bond acceptors (Lipinski definition) is 2. The van der Waals surface area contributed by atoms with Crippen molar-refractivity contribution in [1.29, 1.82) is 0 Å². The van der Waals surface area contributed by atoms with Gasteiger partial charge in [-0.1, -0.05) is 114 Å². The van der Waals surface area contributed by atoms with E-state index >= 15 is 0 Å². The Morgan fingerprint density at radius 1 is 0.628 bits per heavy atom. The largest absolute Gasteiger partial charge is 0.455 e. The Labute approximate surface area is 252 Å². The topological polar surface area (TPSA) is 31.0 Å². The molecule has 0 aliphatic heterocycles. The van der Waals surface area contributed by atoms with Crippen molar-refractivity contribution >= 4 is 33.0 Å². The lowest BCUT2D eigenvalue weighted by molar-refractivity contribution is 0.620. The van der Waals surface area contributed by atoms with Crippen molar-refractivity contribution in [2.75, 3.05) is 0 Å². The first-order valence-electron chi connectivity index (χ1n) is 15.5. The van der Waals surface area contributed by atoms with Crippen molar-refractivity contribution in [3.05, 3.63) is 119 Å². The van der Waals surface area contributed by atoms with Crippen LogP contribution < -0.4 is 0 Å². The van der Waals surface area contributed by atoms with Crippen LogP contribution in [0.5, 0.6) is 0 Å². The quantitative estimate of drug-likeness (QED) is 0.214. The van der Waals surface area contributed by atoms with Crippen LogP contribution in [-0.4, -0.2) is 9.55 Å². The number of benzene rings is 5. The zero-order valence-corrected chi connectivity index (χ0v) is 25.7. The summed E-state index contributed by atoms with van der Waals surface area (Å²) in [5.74, 6) is 1.63. The van der Waals surface area contributed by atoms with Gasteiger partial charge in [-0.15, -0.1) is 0 Å². The minimum Gasteiger partial charge on any atom is -0.455 e. The Balaban J connectivity index is 1.47. The maximum absolute atomic E-state index is 7.04. The summed E-state index contributed by atoms with van der Waals surface area (Å²) in [6.07, 6.45) is 0. The van der Waals surface area contributed by atoms with Crippen molar-refractivity contribution in [2.45, 2.75) is 58.8 Å². The average molecular weight is 561 g/mol. The predicted octanol–water partition coefficient (Wildman–Crippen LogP) is 11.1. The summed E-state index contributed by atoms with van der Waals surface area (Å²) in [5.41, 5.74) is 13.9. The molecule has 0 bridgehead atoms. The number of rotatable bonds is 4. The molecule has 0 unspecified atom stereocenters. The first-order valence-corrected chi connectivity index (χ1v) is 15.5. The normalized spacial score (nSPS) is 14.0. The summed E-state index contributed by atoms with van der Waals surface area (Å²) >= 11 is 0. The third-order valence-electron chi connectivity index (χ3n) is 9.55. The maximum atomic E-state index is 7.04. The third kappa shape index (κ3) is 3.57. The summed E-state index contributed by atoms with van der Waals surface area (Å²) in [5, 5.41) is 2.28. The van der Waals surface area contributed by atoms with E-state index in [4.69, 9.17) is 9.40 Å². The van der Waals surface area contributed by atoms with Crippen LogP contribution in [-0.2, 0) is 5.41 Å². The zero-order chi connectivity index (χ0) is 29.6. The average Bonchev–Trinajstić information content (AvgIpc) is 3.65. The van der Waals surface area contributed by atoms with Crippen LogP contribution >= 0.6 is 0 Å². The van der Waals surface area contributed by atoms with E-state index in [-0.39, 0.29) is 5.41 Å². The SMILES string of the molecule is CC(C)c1cccc(C(C)C)c1-n1c(-c2cccc3c2oc2c4c(ccc23)-c2ccccc2C4(C)C)nc2ccccc21. The van der Waals surface area contributed by atoms with Crippen LogP contribution in [0.1, 0.15) is 75.6 Å². The highest BCUT2D eigenvalue weighted by atomic mass is 16.3. The van der Waals surface area contributed by atoms with E-state index in [1.807, 2.05) is 0 Å². The maximum Gasteiger partial charge on any atom is 0.149 e. The summed E-state index contributed by atoms with van der Waals surface area (Å²) in [4.78, 5) is 5.32. The van der Waals surface area contributed by atoms with Gasteiger partial charge in [-0.25, -0.2) is 4.98 Å². The first kappa shape index (κ1) is 26.0. The van der Waals surface area contributed by atoms with Crippen LogP contribution in [0, 0.1) is 0 Å². The molecule has 3 nitrogen and oxygen atoms in total. The molecule has 0 atom stereocenters. The van der Waals surface area contributed by atoms with Gasteiger partial charge in [0, 0.05) is 21.8 Å². The zero-order valence-electron chi connectivity index (χ0n) is 25.7. The highest BCUT2D eigenvalue weighted by Crippen LogP contribution is 2.53. The molecule has 43 heavy (non-hydrogen) atoms. The number of furan rings is 1. The van der Waals surface area contributed by atoms with Gasteiger partial charge in [0.2, 0.25) is 0 Å². The van der Waals surface area contributed by atoms with E-state index in [2.05, 4.69) is 143 Å². The van der Waals surface area contributed by atoms with E-state index in [9.17, 15) is 0 Å². The third-order valence-corrected chi connectivity index (χ3v) is 9.55. The standard InChI is InChI=1S/C40H36N2O/c1-23(2)25-14-11-15-26(24(3)4)36(25)42-34-20-10-9-19-33(34)41-39(42)31-17-12-16-29-30-22-21-28-27-13-7-8-18-32(27)40(5,6)35(28)38(30)43-37(29)31/h7-24H,1-6H3. The fourth-order valence-electron chi connectivity index (χ4n) is 7.48. The monoisotopic (exact) mass is 560 g/mol. The lowest BCUT2D eigenvalue weighted by Gasteiger charge is -2.22. The van der Waals surface area contributed by atoms with E-state index in [0.717, 1.165) is 44.4 Å². The fraction of sp³-hybridized carbons (Fsp3) is 0.225. The minimum absolute atomic E-state index is 0.158. The molecule has 0 N–H and O–H groups in total. The highest BCUT2D eigenvalue weighted by Gasteiger charge is 2.38. The van der Waals surface area contributed by atoms with Crippen LogP contribution in [0.3, 0.4) is 0 Å². The molecule has 0 spiro atoms. The minimum atomic E-state index is -0.158. The van der Waals surface area contributed by atoms with Gasteiger partial charge in [0.15, 0.2) is 0 Å². The van der Waals surface area contributed by atoms with Gasteiger partial charge in [-0.05, 0) is 63.9 Å². The highest BCUT2D eigenvalue weighted by molar-refractivity contribution is 6.12. The molecule has 212 valence electrons. The molecular formula is C40H36N2O. The molecule has 1 aliphatic rings. The Hall–Kier alpha value is -4.63. The molecule has 1 aliphatic carbocycles. The van der Waals surface area contributed by atoms with Crippen molar-refractivity contribution in [3.63, 3.8) is 0 Å². The van der Waals surface area contributed by atoms with E-state index in [1.54, 1.807) is 0 Å². The second-order valence-corrected chi connectivity index (χ2v) is 13.2. The van der Waals surface area contributed by atoms with Crippen LogP contribution in [0.15, 0.2) is 101 Å². The molecule has 0 radical (unpaired) electrons. The Morgan fingerprint density at radius 3 is 2.05 bits per heavy atom. The molecule has 0 saturated heterocycles. The van der Waals surface area contributed by atoms with Gasteiger partial charge in [-0.2, -0.15) is 0 Å². The number of fused-ring (bicyclic) bond motifs is 8. The molecule has 0 saturated carbocycles. The van der Waals surface area contributed by atoms with E-state index < -0.39 is 0 Å². The summed E-state index contributed by atoms with van der Waals surface area (Å²) < 4.78 is 9.43. The van der Waals surface area contributed by atoms with Gasteiger partial charge in [0.25, 0.3) is 0 Å². The number of nitrogens with zero attached hydrogens (tertiary/aromatic N) is 2. The first-order chi connectivity index (χ1) is 20.8. The predicted molar refractivity (Wildman–Crippen MR) is 180 cm³/mol. The second-order valence-electron chi connectivity index (χ2n) is 13.2. The molecule has 7 aromatic rings. The van der Waals surface area contributed by atoms with Crippen molar-refractivity contribution < 1.29 is 4.42 Å². The second kappa shape index (κ2) is 9.18. The van der Waals surface area contributed by atoms with Crippen molar-refractivity contribution in [1.82, 2.24) is 9.55 Å². The molecule has 0 amide bonds. The molecule has 3 heteroatoms. The molecule has 2 aromatic heterocycles. The number of hydrogen-bond donors (Lipinski definition) is 0. The number of imidazole rings is 1. The molecular weight excluding hydrogens is 524 g/mol. The molecule has 0 fully saturated rings. The van der Waals surface area contributed by atoms with Gasteiger partial charge in [0.05, 0.1) is 22.3 Å². The smallest absolute Gasteiger partial charge is 0.149 e. The van der Waals surface area contributed by atoms with E-state index in [1.165, 1.54) is 39.1 Å². The molecule has 5 aromatic carbocycles. The fourth-order valence-corrected chi connectivity index (χ4v) is 7.48. The number of aromatic nitrogens is 2. The van der Waals surface area contributed by atoms with Crippen molar-refractivity contribution in [3.8, 4) is 28.2 Å². The van der Waals surface area contributed by atoms with Gasteiger partial charge in [0.1, 0.15) is 17.0 Å². The van der Waals surface area contributed by atoms with Gasteiger partial charge in [-0.3, -0.25) is 4.57 Å². The van der Waals surface area contributed by atoms with Gasteiger partial charge >= 0.3 is 0 Å². The molecule has 8 rings (SSSR count). The Kier molecular flexibility index (Phi) is 5.56. The van der Waals surface area contributed by atoms with Crippen LogP contribution in [0.25, 0.3) is 61.2 Å². The summed E-state index contributed by atoms with van der Waals surface area (Å²) in [6, 6.07) is 35.1. The molecule has 2 heterocycles. The Morgan fingerprint density at radius 2 is 1.28 bits per heavy atom. The number of para-hydroxylation sites is 4. The van der Waals surface area contributed by atoms with Crippen LogP contribution in [0.4, 0.5) is 0 Å². The lowest BCUT2D eigenvalue weighted by Crippen LogP contribution is -2.15. The van der Waals surface area contributed by atoms with Crippen LogP contribution in [0.2, 0.25) is 0 Å². The van der Waals surface area contributed by atoms with Gasteiger partial charge < -0.3 is 4.42 Å². The lowest BCUT2D eigenvalue weighted by atomic mass is 9.82. The summed E-state index contributed by atoms with van der Waals surface area (Å²) in [7, 11) is 0. The Bertz CT molecular complexity index is 2200. The summed E-state index contributed by atoms with van der Waals surface area (Å²) in [6.45, 7) is 13.8. The van der Waals surface area contributed by atoms with E-state index in [0.29, 0.717) is 11.8 Å².